The van der Waals surface area contributed by atoms with Gasteiger partial charge in [-0.1, -0.05) is 18.8 Å². The highest BCUT2D eigenvalue weighted by molar-refractivity contribution is 5.37. The van der Waals surface area contributed by atoms with E-state index in [2.05, 4.69) is 51.9 Å². The third-order valence-electron chi connectivity index (χ3n) is 4.86. The molecular formula is C19H30N4O. The van der Waals surface area contributed by atoms with Crippen LogP contribution in [0.1, 0.15) is 38.3 Å². The smallest absolute Gasteiger partial charge is 0.151 e. The molecule has 1 N–H and O–H groups in total. The Kier molecular flexibility index (Phi) is 7.48. The summed E-state index contributed by atoms with van der Waals surface area (Å²) in [4.78, 5) is 4.43. The van der Waals surface area contributed by atoms with Gasteiger partial charge in [0, 0.05) is 25.6 Å². The molecule has 1 fully saturated rings. The summed E-state index contributed by atoms with van der Waals surface area (Å²) < 4.78 is 0. The second kappa shape index (κ2) is 9.61. The first-order valence-electron chi connectivity index (χ1n) is 8.98. The van der Waals surface area contributed by atoms with E-state index in [1.165, 1.54) is 0 Å². The lowest BCUT2D eigenvalue weighted by Crippen LogP contribution is -2.35. The minimum absolute atomic E-state index is 0.203. The number of likely N-dealkylation sites (N-methyl/N-ethyl adjacent to an activating group) is 1. The van der Waals surface area contributed by atoms with Crippen LogP contribution in [0.25, 0.3) is 0 Å². The molecule has 132 valence electrons. The van der Waals surface area contributed by atoms with Gasteiger partial charge in [0.1, 0.15) is 0 Å². The Morgan fingerprint density at radius 2 is 1.96 bits per heavy atom. The maximum Gasteiger partial charge on any atom is 0.151 e. The first-order valence-corrected chi connectivity index (χ1v) is 8.98. The molecule has 1 saturated carbocycles. The lowest BCUT2D eigenvalue weighted by atomic mass is 9.86. The van der Waals surface area contributed by atoms with Crippen molar-refractivity contribution in [1.29, 1.82) is 0 Å². The number of hydrogen-bond acceptors (Lipinski definition) is 5. The quantitative estimate of drug-likeness (QED) is 0.810. The van der Waals surface area contributed by atoms with Crippen molar-refractivity contribution in [1.82, 2.24) is 15.1 Å². The van der Waals surface area contributed by atoms with Crippen LogP contribution in [-0.2, 0) is 0 Å². The van der Waals surface area contributed by atoms with E-state index in [-0.39, 0.29) is 6.61 Å². The molecule has 24 heavy (non-hydrogen) atoms. The minimum atomic E-state index is 0.203. The molecule has 0 amide bonds. The monoisotopic (exact) mass is 330 g/mol. The summed E-state index contributed by atoms with van der Waals surface area (Å²) >= 11 is 0. The Morgan fingerprint density at radius 3 is 2.54 bits per heavy atom. The van der Waals surface area contributed by atoms with E-state index >= 15 is 0 Å². The Balaban J connectivity index is 1.80. The molecule has 1 aromatic rings. The van der Waals surface area contributed by atoms with Gasteiger partial charge in [0.15, 0.2) is 5.82 Å². The fraction of sp³-hybridized carbons (Fsp3) is 0.684. The standard InChI is InChI=1S/C19H30N4O/c1-4-23(14-15-24)13-5-6-17-8-10-18(11-9-17)22(3)19-12-7-16(2)20-21-19/h7,12,17-18,24H,4,8-11,13-15H2,1-3H3/t17-,18-. The van der Waals surface area contributed by atoms with E-state index in [0.717, 1.165) is 50.3 Å². The van der Waals surface area contributed by atoms with Crippen molar-refractivity contribution in [3.63, 3.8) is 0 Å². The van der Waals surface area contributed by atoms with Crippen molar-refractivity contribution in [2.75, 3.05) is 38.2 Å². The van der Waals surface area contributed by atoms with Crippen LogP contribution in [0.5, 0.6) is 0 Å². The molecule has 1 aliphatic carbocycles. The zero-order valence-corrected chi connectivity index (χ0v) is 15.2. The van der Waals surface area contributed by atoms with E-state index in [1.807, 2.05) is 13.0 Å². The van der Waals surface area contributed by atoms with Gasteiger partial charge in [0.25, 0.3) is 0 Å². The van der Waals surface area contributed by atoms with Crippen LogP contribution in [0.15, 0.2) is 12.1 Å². The molecule has 5 heteroatoms. The Labute approximate surface area is 146 Å². The second-order valence-electron chi connectivity index (χ2n) is 6.56. The number of nitrogens with zero attached hydrogens (tertiary/aromatic N) is 4. The fourth-order valence-corrected chi connectivity index (χ4v) is 3.17. The molecule has 5 nitrogen and oxygen atoms in total. The van der Waals surface area contributed by atoms with Crippen LogP contribution in [0.2, 0.25) is 0 Å². The Hall–Kier alpha value is -1.64. The van der Waals surface area contributed by atoms with Gasteiger partial charge in [-0.15, -0.1) is 5.10 Å². The summed E-state index contributed by atoms with van der Waals surface area (Å²) in [6.07, 6.45) is 4.60. The molecule has 1 heterocycles. The van der Waals surface area contributed by atoms with E-state index in [9.17, 15) is 0 Å². The van der Waals surface area contributed by atoms with Gasteiger partial charge in [-0.2, -0.15) is 5.10 Å². The van der Waals surface area contributed by atoms with Crippen molar-refractivity contribution < 1.29 is 5.11 Å². The van der Waals surface area contributed by atoms with Crippen LogP contribution < -0.4 is 4.90 Å². The molecule has 0 aliphatic heterocycles. The number of hydrogen-bond donors (Lipinski definition) is 1. The fourth-order valence-electron chi connectivity index (χ4n) is 3.17. The van der Waals surface area contributed by atoms with Crippen LogP contribution in [0.3, 0.4) is 0 Å². The Bertz CT molecular complexity index is 541. The molecule has 1 aliphatic rings. The lowest BCUT2D eigenvalue weighted by molar-refractivity contribution is 0.216. The van der Waals surface area contributed by atoms with Gasteiger partial charge < -0.3 is 10.0 Å². The molecular weight excluding hydrogens is 300 g/mol. The lowest BCUT2D eigenvalue weighted by Gasteiger charge is -2.33. The van der Waals surface area contributed by atoms with E-state index < -0.39 is 0 Å². The number of aliphatic hydroxyl groups excluding tert-OH is 1. The third-order valence-corrected chi connectivity index (χ3v) is 4.86. The maximum absolute atomic E-state index is 9.00. The minimum Gasteiger partial charge on any atom is -0.395 e. The van der Waals surface area contributed by atoms with Crippen molar-refractivity contribution in [3.8, 4) is 11.8 Å². The summed E-state index contributed by atoms with van der Waals surface area (Å²) in [7, 11) is 2.12. The predicted octanol–water partition coefficient (Wildman–Crippen LogP) is 2.10. The van der Waals surface area contributed by atoms with Gasteiger partial charge in [0.05, 0.1) is 18.8 Å². The molecule has 0 spiro atoms. The molecule has 0 atom stereocenters. The van der Waals surface area contributed by atoms with Gasteiger partial charge in [0.2, 0.25) is 0 Å². The van der Waals surface area contributed by atoms with Gasteiger partial charge >= 0.3 is 0 Å². The number of rotatable bonds is 6. The third kappa shape index (κ3) is 5.47. The zero-order valence-electron chi connectivity index (χ0n) is 15.2. The molecule has 0 saturated heterocycles. The van der Waals surface area contributed by atoms with Crippen molar-refractivity contribution >= 4 is 5.82 Å². The average molecular weight is 330 g/mol. The summed E-state index contributed by atoms with van der Waals surface area (Å²) in [5.41, 5.74) is 0.952. The second-order valence-corrected chi connectivity index (χ2v) is 6.56. The summed E-state index contributed by atoms with van der Waals surface area (Å²) in [6, 6.07) is 4.60. The van der Waals surface area contributed by atoms with Crippen LogP contribution in [0.4, 0.5) is 5.82 Å². The molecule has 2 rings (SSSR count). The highest BCUT2D eigenvalue weighted by atomic mass is 16.3. The largest absolute Gasteiger partial charge is 0.395 e. The number of anilines is 1. The molecule has 0 bridgehead atoms. The van der Waals surface area contributed by atoms with Crippen LogP contribution in [0, 0.1) is 24.7 Å². The van der Waals surface area contributed by atoms with Crippen LogP contribution >= 0.6 is 0 Å². The normalized spacial score (nSPS) is 20.5. The van der Waals surface area contributed by atoms with Crippen molar-refractivity contribution in [3.05, 3.63) is 17.8 Å². The average Bonchev–Trinajstić information content (AvgIpc) is 2.61. The van der Waals surface area contributed by atoms with E-state index in [4.69, 9.17) is 5.11 Å². The van der Waals surface area contributed by atoms with Gasteiger partial charge in [-0.05, 0) is 51.3 Å². The summed E-state index contributed by atoms with van der Waals surface area (Å²) in [5, 5.41) is 17.4. The number of aromatic nitrogens is 2. The zero-order chi connectivity index (χ0) is 17.4. The summed E-state index contributed by atoms with van der Waals surface area (Å²) in [6.45, 7) is 6.67. The highest BCUT2D eigenvalue weighted by Gasteiger charge is 2.23. The SMILES string of the molecule is CCN(CC#C[C@H]1CC[C@H](N(C)c2ccc(C)nn2)CC1)CCO. The highest BCUT2D eigenvalue weighted by Crippen LogP contribution is 2.28. The molecule has 0 unspecified atom stereocenters. The van der Waals surface area contributed by atoms with E-state index in [1.54, 1.807) is 0 Å². The van der Waals surface area contributed by atoms with Crippen LogP contribution in [-0.4, -0.2) is 59.5 Å². The first-order chi connectivity index (χ1) is 11.6. The van der Waals surface area contributed by atoms with Crippen molar-refractivity contribution in [2.45, 2.75) is 45.6 Å². The topological polar surface area (TPSA) is 52.5 Å². The Morgan fingerprint density at radius 1 is 1.21 bits per heavy atom. The summed E-state index contributed by atoms with van der Waals surface area (Å²) in [5.74, 6) is 8.20. The number of aryl methyl sites for hydroxylation is 1. The van der Waals surface area contributed by atoms with Crippen molar-refractivity contribution in [2.24, 2.45) is 5.92 Å². The molecule has 0 aromatic carbocycles. The van der Waals surface area contributed by atoms with E-state index in [0.29, 0.717) is 18.5 Å². The number of aliphatic hydroxyl groups is 1. The predicted molar refractivity (Wildman–Crippen MR) is 97.9 cm³/mol. The van der Waals surface area contributed by atoms with Gasteiger partial charge in [-0.3, -0.25) is 4.90 Å². The first kappa shape index (κ1) is 18.7. The molecule has 1 aromatic heterocycles. The van der Waals surface area contributed by atoms with Gasteiger partial charge in [-0.25, -0.2) is 0 Å². The molecule has 0 radical (unpaired) electrons. The maximum atomic E-state index is 9.00.